The van der Waals surface area contributed by atoms with E-state index >= 15 is 0 Å². The molecule has 0 unspecified atom stereocenters. The molecule has 0 saturated carbocycles. The molecular formula is C21H16N4O2S. The average Bonchev–Trinajstić information content (AvgIpc) is 3.23. The maximum atomic E-state index is 12.6. The van der Waals surface area contributed by atoms with Crippen molar-refractivity contribution in [3.05, 3.63) is 79.0 Å². The van der Waals surface area contributed by atoms with Gasteiger partial charge in [-0.1, -0.05) is 23.5 Å². The lowest BCUT2D eigenvalue weighted by molar-refractivity contribution is 0.102. The first-order valence-corrected chi connectivity index (χ1v) is 9.32. The number of rotatable bonds is 5. The van der Waals surface area contributed by atoms with Gasteiger partial charge < -0.3 is 4.74 Å². The van der Waals surface area contributed by atoms with E-state index in [9.17, 15) is 4.79 Å². The third-order valence-corrected chi connectivity index (χ3v) is 5.07. The number of anilines is 1. The number of benzene rings is 1. The molecule has 1 amide bonds. The van der Waals surface area contributed by atoms with Gasteiger partial charge in [0.1, 0.15) is 11.4 Å². The van der Waals surface area contributed by atoms with Gasteiger partial charge in [-0.3, -0.25) is 20.1 Å². The Kier molecular flexibility index (Phi) is 5.07. The molecule has 0 atom stereocenters. The van der Waals surface area contributed by atoms with Crippen molar-refractivity contribution >= 4 is 22.4 Å². The zero-order chi connectivity index (χ0) is 19.3. The third kappa shape index (κ3) is 3.89. The predicted octanol–water partition coefficient (Wildman–Crippen LogP) is 4.53. The molecule has 0 saturated heterocycles. The van der Waals surface area contributed by atoms with Crippen LogP contribution >= 0.6 is 11.3 Å². The van der Waals surface area contributed by atoms with Gasteiger partial charge in [0.05, 0.1) is 12.0 Å². The molecular weight excluding hydrogens is 372 g/mol. The Balaban J connectivity index is 1.51. The molecule has 0 bridgehead atoms. The molecule has 0 fully saturated rings. The molecule has 4 aromatic rings. The van der Waals surface area contributed by atoms with Gasteiger partial charge in [-0.15, -0.1) is 0 Å². The fourth-order valence-electron chi connectivity index (χ4n) is 2.66. The summed E-state index contributed by atoms with van der Waals surface area (Å²) in [7, 11) is 1.63. The molecule has 1 N–H and O–H groups in total. The molecule has 0 aliphatic rings. The Hall–Kier alpha value is -3.58. The van der Waals surface area contributed by atoms with Crippen LogP contribution in [0.5, 0.6) is 5.75 Å². The van der Waals surface area contributed by atoms with Crippen LogP contribution in [-0.2, 0) is 0 Å². The van der Waals surface area contributed by atoms with Crippen molar-refractivity contribution in [2.24, 2.45) is 0 Å². The topological polar surface area (TPSA) is 77.0 Å². The smallest absolute Gasteiger partial charge is 0.276 e. The molecule has 0 aliphatic carbocycles. The number of hydrogen-bond donors (Lipinski definition) is 1. The van der Waals surface area contributed by atoms with Gasteiger partial charge in [0.2, 0.25) is 0 Å². The van der Waals surface area contributed by atoms with Crippen molar-refractivity contribution in [2.45, 2.75) is 0 Å². The quantitative estimate of drug-likeness (QED) is 0.544. The molecule has 0 spiro atoms. The number of carbonyl (C=O) groups is 1. The summed E-state index contributed by atoms with van der Waals surface area (Å²) in [5.74, 6) is 0.482. The summed E-state index contributed by atoms with van der Waals surface area (Å²) < 4.78 is 5.18. The van der Waals surface area contributed by atoms with Crippen molar-refractivity contribution in [3.8, 4) is 27.3 Å². The SMILES string of the molecule is COc1ccc(-c2ccnc(C(=O)Nc3ncc(-c4ccncc4)s3)c2)cc1. The number of carbonyl (C=O) groups excluding carboxylic acids is 1. The van der Waals surface area contributed by atoms with E-state index in [1.807, 2.05) is 42.5 Å². The number of thiazole rings is 1. The van der Waals surface area contributed by atoms with Crippen LogP contribution in [0, 0.1) is 0 Å². The molecule has 3 heterocycles. The Morgan fingerprint density at radius 1 is 0.929 bits per heavy atom. The zero-order valence-corrected chi connectivity index (χ0v) is 15.8. The van der Waals surface area contributed by atoms with Crippen LogP contribution in [0.4, 0.5) is 5.13 Å². The van der Waals surface area contributed by atoms with E-state index in [2.05, 4.69) is 20.3 Å². The summed E-state index contributed by atoms with van der Waals surface area (Å²) in [4.78, 5) is 26.0. The van der Waals surface area contributed by atoms with E-state index in [4.69, 9.17) is 4.74 Å². The lowest BCUT2D eigenvalue weighted by Gasteiger charge is -2.06. The van der Waals surface area contributed by atoms with Crippen LogP contribution in [0.2, 0.25) is 0 Å². The molecule has 3 aromatic heterocycles. The van der Waals surface area contributed by atoms with Crippen LogP contribution < -0.4 is 10.1 Å². The molecule has 28 heavy (non-hydrogen) atoms. The van der Waals surface area contributed by atoms with Gasteiger partial charge in [-0.2, -0.15) is 0 Å². The van der Waals surface area contributed by atoms with Gasteiger partial charge in [0.25, 0.3) is 5.91 Å². The summed E-state index contributed by atoms with van der Waals surface area (Å²) in [5, 5.41) is 3.34. The van der Waals surface area contributed by atoms with E-state index in [0.29, 0.717) is 10.8 Å². The molecule has 138 valence electrons. The summed E-state index contributed by atoms with van der Waals surface area (Å²) in [6.45, 7) is 0. The van der Waals surface area contributed by atoms with Crippen molar-refractivity contribution in [1.82, 2.24) is 15.0 Å². The molecule has 6 nitrogen and oxygen atoms in total. The number of nitrogens with one attached hydrogen (secondary N) is 1. The summed E-state index contributed by atoms with van der Waals surface area (Å²) >= 11 is 1.40. The van der Waals surface area contributed by atoms with E-state index in [1.54, 1.807) is 38.0 Å². The largest absolute Gasteiger partial charge is 0.497 e. The van der Waals surface area contributed by atoms with Crippen molar-refractivity contribution in [2.75, 3.05) is 12.4 Å². The van der Waals surface area contributed by atoms with E-state index in [-0.39, 0.29) is 5.91 Å². The monoisotopic (exact) mass is 388 g/mol. The van der Waals surface area contributed by atoms with Crippen molar-refractivity contribution in [3.63, 3.8) is 0 Å². The van der Waals surface area contributed by atoms with Gasteiger partial charge in [0.15, 0.2) is 5.13 Å². The van der Waals surface area contributed by atoms with Gasteiger partial charge in [0, 0.05) is 24.8 Å². The Bertz CT molecular complexity index is 1090. The molecule has 4 rings (SSSR count). The molecule has 7 heteroatoms. The fraction of sp³-hybridized carbons (Fsp3) is 0.0476. The van der Waals surface area contributed by atoms with Crippen LogP contribution in [0.15, 0.2) is 73.3 Å². The second-order valence-corrected chi connectivity index (χ2v) is 6.91. The standard InChI is InChI=1S/C21H16N4O2S/c1-27-17-4-2-14(3-5-17)16-8-11-23-18(12-16)20(26)25-21-24-13-19(28-21)15-6-9-22-10-7-15/h2-13H,1H3,(H,24,25,26). The summed E-state index contributed by atoms with van der Waals surface area (Å²) in [6.07, 6.45) is 6.80. The lowest BCUT2D eigenvalue weighted by atomic mass is 10.1. The number of amides is 1. The van der Waals surface area contributed by atoms with Crippen molar-refractivity contribution < 1.29 is 9.53 Å². The van der Waals surface area contributed by atoms with Crippen LogP contribution in [-0.4, -0.2) is 28.0 Å². The maximum absolute atomic E-state index is 12.6. The highest BCUT2D eigenvalue weighted by atomic mass is 32.1. The van der Waals surface area contributed by atoms with E-state index in [1.165, 1.54) is 11.3 Å². The first kappa shape index (κ1) is 17.8. The summed E-state index contributed by atoms with van der Waals surface area (Å²) in [6, 6.07) is 15.1. The normalized spacial score (nSPS) is 10.5. The number of methoxy groups -OCH3 is 1. The second-order valence-electron chi connectivity index (χ2n) is 5.88. The van der Waals surface area contributed by atoms with Crippen LogP contribution in [0.3, 0.4) is 0 Å². The minimum absolute atomic E-state index is 0.300. The van der Waals surface area contributed by atoms with Crippen LogP contribution in [0.25, 0.3) is 21.6 Å². The van der Waals surface area contributed by atoms with Gasteiger partial charge >= 0.3 is 0 Å². The molecule has 0 radical (unpaired) electrons. The molecule has 1 aromatic carbocycles. The summed E-state index contributed by atoms with van der Waals surface area (Å²) in [5.41, 5.74) is 3.22. The minimum atomic E-state index is -0.300. The first-order valence-electron chi connectivity index (χ1n) is 8.51. The lowest BCUT2D eigenvalue weighted by Crippen LogP contribution is -2.13. The van der Waals surface area contributed by atoms with Crippen molar-refractivity contribution in [1.29, 1.82) is 0 Å². The number of hydrogen-bond acceptors (Lipinski definition) is 6. The highest BCUT2D eigenvalue weighted by Crippen LogP contribution is 2.29. The second kappa shape index (κ2) is 7.98. The Morgan fingerprint density at radius 2 is 1.68 bits per heavy atom. The fourth-order valence-corrected chi connectivity index (χ4v) is 3.48. The highest BCUT2D eigenvalue weighted by molar-refractivity contribution is 7.19. The van der Waals surface area contributed by atoms with E-state index in [0.717, 1.165) is 27.3 Å². The average molecular weight is 388 g/mol. The predicted molar refractivity (Wildman–Crippen MR) is 110 cm³/mol. The van der Waals surface area contributed by atoms with Crippen LogP contribution in [0.1, 0.15) is 10.5 Å². The Labute approximate surface area is 165 Å². The number of pyridine rings is 2. The number of aromatic nitrogens is 3. The first-order chi connectivity index (χ1) is 13.7. The number of nitrogens with zero attached hydrogens (tertiary/aromatic N) is 3. The molecule has 0 aliphatic heterocycles. The maximum Gasteiger partial charge on any atom is 0.276 e. The number of ether oxygens (including phenoxy) is 1. The Morgan fingerprint density at radius 3 is 2.43 bits per heavy atom. The van der Waals surface area contributed by atoms with Gasteiger partial charge in [-0.05, 0) is 53.1 Å². The highest BCUT2D eigenvalue weighted by Gasteiger charge is 2.12. The minimum Gasteiger partial charge on any atom is -0.497 e. The van der Waals surface area contributed by atoms with E-state index < -0.39 is 0 Å². The van der Waals surface area contributed by atoms with Gasteiger partial charge in [-0.25, -0.2) is 4.98 Å². The zero-order valence-electron chi connectivity index (χ0n) is 15.0. The third-order valence-electron chi connectivity index (χ3n) is 4.11.